The Morgan fingerprint density at radius 3 is 2.27 bits per heavy atom. The Balaban J connectivity index is 1.38. The minimum absolute atomic E-state index is 0.0896. The molecule has 8 heteroatoms. The predicted octanol–water partition coefficient (Wildman–Crippen LogP) is 2.07. The molecule has 0 atom stereocenters. The topological polar surface area (TPSA) is 48.4 Å². The van der Waals surface area contributed by atoms with E-state index in [4.69, 9.17) is 4.98 Å². The molecule has 2 saturated heterocycles. The zero-order valence-corrected chi connectivity index (χ0v) is 14.6. The van der Waals surface area contributed by atoms with Crippen LogP contribution < -0.4 is 9.80 Å². The Morgan fingerprint density at radius 2 is 1.58 bits per heavy atom. The fraction of sp³-hybridized carbons (Fsp3) is 0.500. The number of hydrogen-bond donors (Lipinski definition) is 0. The van der Waals surface area contributed by atoms with Crippen molar-refractivity contribution in [3.8, 4) is 0 Å². The van der Waals surface area contributed by atoms with Gasteiger partial charge in [0.25, 0.3) is 0 Å². The average molecular weight is 360 g/mol. The molecule has 2 aliphatic rings. The lowest BCUT2D eigenvalue weighted by atomic mass is 10.2. The molecule has 138 valence electrons. The lowest BCUT2D eigenvalue weighted by Gasteiger charge is -2.35. The Bertz CT molecular complexity index is 737. The summed E-state index contributed by atoms with van der Waals surface area (Å²) >= 11 is 0. The second kappa shape index (κ2) is 7.49. The minimum atomic E-state index is -0.585. The lowest BCUT2D eigenvalue weighted by Crippen LogP contribution is -2.46. The molecule has 0 saturated carbocycles. The second-order valence-corrected chi connectivity index (χ2v) is 6.75. The largest absolute Gasteiger partial charge is 0.354 e. The molecule has 2 aromatic heterocycles. The number of piperazine rings is 1. The fourth-order valence-corrected chi connectivity index (χ4v) is 3.53. The molecule has 0 bridgehead atoms. The van der Waals surface area contributed by atoms with Crippen molar-refractivity contribution in [2.24, 2.45) is 0 Å². The maximum absolute atomic E-state index is 13.8. The number of halogens is 2. The van der Waals surface area contributed by atoms with Gasteiger partial charge in [-0.1, -0.05) is 0 Å². The highest BCUT2D eigenvalue weighted by Crippen LogP contribution is 2.21. The fourth-order valence-electron chi connectivity index (χ4n) is 3.53. The zero-order valence-electron chi connectivity index (χ0n) is 14.6. The van der Waals surface area contributed by atoms with E-state index in [-0.39, 0.29) is 12.1 Å². The van der Waals surface area contributed by atoms with Gasteiger partial charge in [0.15, 0.2) is 0 Å². The van der Waals surface area contributed by atoms with Crippen molar-refractivity contribution >= 4 is 11.8 Å². The van der Waals surface area contributed by atoms with E-state index in [0.717, 1.165) is 63.4 Å². The summed E-state index contributed by atoms with van der Waals surface area (Å²) in [4.78, 5) is 19.1. The number of aromatic nitrogens is 3. The minimum Gasteiger partial charge on any atom is -0.354 e. The molecular formula is C18H22F2N6. The lowest BCUT2D eigenvalue weighted by molar-refractivity contribution is 0.242. The molecule has 2 fully saturated rings. The Hall–Kier alpha value is -2.35. The highest BCUT2D eigenvalue weighted by atomic mass is 19.1. The molecule has 0 aliphatic carbocycles. The van der Waals surface area contributed by atoms with Gasteiger partial charge in [-0.15, -0.1) is 0 Å². The van der Waals surface area contributed by atoms with Crippen LogP contribution >= 0.6 is 0 Å². The Morgan fingerprint density at radius 1 is 0.885 bits per heavy atom. The first-order chi connectivity index (χ1) is 12.7. The van der Waals surface area contributed by atoms with Gasteiger partial charge in [-0.05, 0) is 18.9 Å². The molecule has 2 aromatic rings. The third-order valence-electron chi connectivity index (χ3n) is 5.05. The number of anilines is 2. The molecule has 0 N–H and O–H groups in total. The predicted molar refractivity (Wildman–Crippen MR) is 95.1 cm³/mol. The van der Waals surface area contributed by atoms with Gasteiger partial charge in [-0.25, -0.2) is 13.8 Å². The second-order valence-electron chi connectivity index (χ2n) is 6.75. The van der Waals surface area contributed by atoms with Gasteiger partial charge in [0, 0.05) is 57.6 Å². The van der Waals surface area contributed by atoms with Crippen molar-refractivity contribution in [3.05, 3.63) is 41.9 Å². The summed E-state index contributed by atoms with van der Waals surface area (Å²) < 4.78 is 27.6. The third-order valence-corrected chi connectivity index (χ3v) is 5.05. The van der Waals surface area contributed by atoms with E-state index in [2.05, 4.69) is 24.7 Å². The zero-order chi connectivity index (χ0) is 17.9. The summed E-state index contributed by atoms with van der Waals surface area (Å²) in [5.74, 6) is 0.545. The highest BCUT2D eigenvalue weighted by Gasteiger charge is 2.22. The van der Waals surface area contributed by atoms with Crippen LogP contribution in [-0.2, 0) is 6.54 Å². The molecule has 26 heavy (non-hydrogen) atoms. The van der Waals surface area contributed by atoms with Crippen molar-refractivity contribution in [3.63, 3.8) is 0 Å². The van der Waals surface area contributed by atoms with Gasteiger partial charge in [0.1, 0.15) is 17.5 Å². The normalized spacial score (nSPS) is 18.5. The van der Waals surface area contributed by atoms with Crippen LogP contribution in [0.2, 0.25) is 0 Å². The monoisotopic (exact) mass is 360 g/mol. The van der Waals surface area contributed by atoms with E-state index >= 15 is 0 Å². The van der Waals surface area contributed by atoms with Crippen LogP contribution in [0, 0.1) is 11.6 Å². The number of hydrogen-bond acceptors (Lipinski definition) is 6. The maximum Gasteiger partial charge on any atom is 0.227 e. The summed E-state index contributed by atoms with van der Waals surface area (Å²) in [6.07, 6.45) is 6.32. The summed E-state index contributed by atoms with van der Waals surface area (Å²) in [7, 11) is 0. The first-order valence-electron chi connectivity index (χ1n) is 9.04. The maximum atomic E-state index is 13.8. The quantitative estimate of drug-likeness (QED) is 0.832. The van der Waals surface area contributed by atoms with Crippen LogP contribution in [0.15, 0.2) is 24.7 Å². The van der Waals surface area contributed by atoms with Crippen LogP contribution in [0.5, 0.6) is 0 Å². The van der Waals surface area contributed by atoms with Gasteiger partial charge in [0.2, 0.25) is 5.95 Å². The number of pyridine rings is 1. The van der Waals surface area contributed by atoms with Crippen molar-refractivity contribution < 1.29 is 8.78 Å². The van der Waals surface area contributed by atoms with Crippen LogP contribution in [0.1, 0.15) is 18.4 Å². The van der Waals surface area contributed by atoms with Crippen LogP contribution in [0.4, 0.5) is 20.5 Å². The Labute approximate surface area is 151 Å². The molecule has 4 rings (SSSR count). The van der Waals surface area contributed by atoms with E-state index in [1.54, 1.807) is 0 Å². The van der Waals surface area contributed by atoms with Crippen LogP contribution in [0.25, 0.3) is 0 Å². The number of nitrogens with zero attached hydrogens (tertiary/aromatic N) is 6. The van der Waals surface area contributed by atoms with E-state index < -0.39 is 11.6 Å². The average Bonchev–Trinajstić information content (AvgIpc) is 3.20. The van der Waals surface area contributed by atoms with Crippen molar-refractivity contribution in [1.29, 1.82) is 0 Å². The SMILES string of the molecule is Fc1cncc(F)c1CN1CCN(c2ccnc(N3CCCC3)n2)CC1. The highest BCUT2D eigenvalue weighted by molar-refractivity contribution is 5.44. The van der Waals surface area contributed by atoms with Crippen LogP contribution in [-0.4, -0.2) is 59.1 Å². The summed E-state index contributed by atoms with van der Waals surface area (Å²) in [5, 5.41) is 0. The van der Waals surface area contributed by atoms with E-state index in [0.29, 0.717) is 0 Å². The summed E-state index contributed by atoms with van der Waals surface area (Å²) in [6.45, 7) is 5.28. The molecule has 2 aliphatic heterocycles. The van der Waals surface area contributed by atoms with Gasteiger partial charge < -0.3 is 9.80 Å². The molecule has 0 radical (unpaired) electrons. The van der Waals surface area contributed by atoms with Gasteiger partial charge in [0.05, 0.1) is 12.4 Å². The third kappa shape index (κ3) is 3.60. The van der Waals surface area contributed by atoms with E-state index in [9.17, 15) is 8.78 Å². The van der Waals surface area contributed by atoms with Gasteiger partial charge >= 0.3 is 0 Å². The molecule has 0 aromatic carbocycles. The first kappa shape index (κ1) is 17.1. The molecule has 6 nitrogen and oxygen atoms in total. The smallest absolute Gasteiger partial charge is 0.227 e. The molecule has 0 amide bonds. The first-order valence-corrected chi connectivity index (χ1v) is 9.04. The van der Waals surface area contributed by atoms with Crippen LogP contribution in [0.3, 0.4) is 0 Å². The number of rotatable bonds is 4. The Kier molecular flexibility index (Phi) is 4.92. The molecule has 4 heterocycles. The van der Waals surface area contributed by atoms with E-state index in [1.807, 2.05) is 12.3 Å². The van der Waals surface area contributed by atoms with Crippen molar-refractivity contribution in [2.75, 3.05) is 49.1 Å². The molecule has 0 spiro atoms. The van der Waals surface area contributed by atoms with Gasteiger partial charge in [-0.2, -0.15) is 4.98 Å². The standard InChI is InChI=1S/C18H22F2N6/c19-15-11-21-12-16(20)14(15)13-24-7-9-25(10-8-24)17-3-4-22-18(23-17)26-5-1-2-6-26/h3-4,11-12H,1-2,5-10,13H2. The molecule has 0 unspecified atom stereocenters. The van der Waals surface area contributed by atoms with Gasteiger partial charge in [-0.3, -0.25) is 9.88 Å². The summed E-state index contributed by atoms with van der Waals surface area (Å²) in [6, 6.07) is 1.93. The summed E-state index contributed by atoms with van der Waals surface area (Å²) in [5.41, 5.74) is 0.0896. The van der Waals surface area contributed by atoms with E-state index in [1.165, 1.54) is 12.8 Å². The molecular weight excluding hydrogens is 338 g/mol. The van der Waals surface area contributed by atoms with Crippen molar-refractivity contribution in [2.45, 2.75) is 19.4 Å². The van der Waals surface area contributed by atoms with Crippen molar-refractivity contribution in [1.82, 2.24) is 19.9 Å².